The Morgan fingerprint density at radius 1 is 0.875 bits per heavy atom. The molecule has 0 bridgehead atoms. The summed E-state index contributed by atoms with van der Waals surface area (Å²) in [4.78, 5) is 10.1. The zero-order valence-electron chi connectivity index (χ0n) is 10.1. The molecule has 0 rings (SSSR count). The molecule has 0 aromatic heterocycles. The summed E-state index contributed by atoms with van der Waals surface area (Å²) >= 11 is 0. The van der Waals surface area contributed by atoms with Crippen molar-refractivity contribution in [1.29, 1.82) is 0 Å². The first-order chi connectivity index (χ1) is 7.91. The molecule has 0 radical (unpaired) electrons. The minimum absolute atomic E-state index is 0.727. The molecule has 0 amide bonds. The van der Waals surface area contributed by atoms with Gasteiger partial charge in [-0.05, 0) is 31.4 Å². The Morgan fingerprint density at radius 2 is 1.50 bits per heavy atom. The van der Waals surface area contributed by atoms with Crippen LogP contribution >= 0.6 is 0 Å². The third kappa shape index (κ3) is 12.7. The molecule has 0 atom stereocenters. The summed E-state index contributed by atoms with van der Waals surface area (Å²) in [7, 11) is 0. The number of rotatable bonds is 9. The average Bonchev–Trinajstić information content (AvgIpc) is 2.31. The first-order valence-electron chi connectivity index (χ1n) is 6.12. The van der Waals surface area contributed by atoms with Crippen LogP contribution in [0.1, 0.15) is 51.4 Å². The predicted molar refractivity (Wildman–Crippen MR) is 70.1 cm³/mol. The van der Waals surface area contributed by atoms with Crippen molar-refractivity contribution in [1.82, 2.24) is 0 Å². The van der Waals surface area contributed by atoms with Gasteiger partial charge in [0, 0.05) is 6.42 Å². The SMILES string of the molecule is C=CC#C/C=C/CCCCCCCCC=O. The van der Waals surface area contributed by atoms with Crippen LogP contribution in [0.4, 0.5) is 0 Å². The van der Waals surface area contributed by atoms with Gasteiger partial charge < -0.3 is 4.79 Å². The third-order valence-corrected chi connectivity index (χ3v) is 2.33. The number of unbranched alkanes of at least 4 members (excludes halogenated alkanes) is 7. The van der Waals surface area contributed by atoms with Gasteiger partial charge in [-0.1, -0.05) is 50.2 Å². The van der Waals surface area contributed by atoms with Gasteiger partial charge in [-0.25, -0.2) is 0 Å². The fourth-order valence-corrected chi connectivity index (χ4v) is 1.45. The van der Waals surface area contributed by atoms with Crippen molar-refractivity contribution in [2.45, 2.75) is 51.4 Å². The van der Waals surface area contributed by atoms with Crippen LogP contribution in [0.2, 0.25) is 0 Å². The molecule has 0 heterocycles. The van der Waals surface area contributed by atoms with E-state index in [0.717, 1.165) is 25.5 Å². The normalized spacial score (nSPS) is 9.75. The van der Waals surface area contributed by atoms with E-state index < -0.39 is 0 Å². The van der Waals surface area contributed by atoms with Gasteiger partial charge in [0.2, 0.25) is 0 Å². The van der Waals surface area contributed by atoms with Crippen molar-refractivity contribution in [3.05, 3.63) is 24.8 Å². The maximum Gasteiger partial charge on any atom is 0.119 e. The summed E-state index contributed by atoms with van der Waals surface area (Å²) in [5, 5.41) is 0. The topological polar surface area (TPSA) is 17.1 Å². The van der Waals surface area contributed by atoms with Crippen LogP contribution < -0.4 is 0 Å². The minimum Gasteiger partial charge on any atom is -0.303 e. The third-order valence-electron chi connectivity index (χ3n) is 2.33. The lowest BCUT2D eigenvalue weighted by molar-refractivity contribution is -0.107. The Bertz CT molecular complexity index is 252. The van der Waals surface area contributed by atoms with E-state index in [-0.39, 0.29) is 0 Å². The Hall–Kier alpha value is -1.29. The molecular formula is C15H22O. The molecule has 0 aliphatic heterocycles. The number of aldehydes is 1. The first kappa shape index (κ1) is 14.7. The summed E-state index contributed by atoms with van der Waals surface area (Å²) in [5.41, 5.74) is 0. The Kier molecular flexibility index (Phi) is 12.6. The van der Waals surface area contributed by atoms with Crippen molar-refractivity contribution < 1.29 is 4.79 Å². The van der Waals surface area contributed by atoms with E-state index in [1.807, 2.05) is 6.08 Å². The second kappa shape index (κ2) is 13.7. The van der Waals surface area contributed by atoms with E-state index >= 15 is 0 Å². The summed E-state index contributed by atoms with van der Waals surface area (Å²) in [5.74, 6) is 5.66. The monoisotopic (exact) mass is 218 g/mol. The summed E-state index contributed by atoms with van der Waals surface area (Å²) in [6, 6.07) is 0. The van der Waals surface area contributed by atoms with E-state index in [9.17, 15) is 4.79 Å². The molecule has 1 nitrogen and oxygen atoms in total. The molecule has 0 saturated carbocycles. The van der Waals surface area contributed by atoms with Crippen LogP contribution in [0.25, 0.3) is 0 Å². The van der Waals surface area contributed by atoms with E-state index in [4.69, 9.17) is 0 Å². The van der Waals surface area contributed by atoms with Crippen LogP contribution in [0.5, 0.6) is 0 Å². The minimum atomic E-state index is 0.727. The maximum absolute atomic E-state index is 10.1. The van der Waals surface area contributed by atoms with E-state index in [1.54, 1.807) is 6.08 Å². The summed E-state index contributed by atoms with van der Waals surface area (Å²) < 4.78 is 0. The molecular weight excluding hydrogens is 196 g/mol. The number of carbonyl (C=O) groups excluding carboxylic acids is 1. The smallest absolute Gasteiger partial charge is 0.119 e. The van der Waals surface area contributed by atoms with Gasteiger partial charge >= 0.3 is 0 Å². The molecule has 0 unspecified atom stereocenters. The molecule has 0 N–H and O–H groups in total. The van der Waals surface area contributed by atoms with Crippen LogP contribution in [0.15, 0.2) is 24.8 Å². The molecule has 16 heavy (non-hydrogen) atoms. The fourth-order valence-electron chi connectivity index (χ4n) is 1.45. The largest absolute Gasteiger partial charge is 0.303 e. The molecule has 0 aromatic rings. The Labute approximate surface area is 99.6 Å². The van der Waals surface area contributed by atoms with E-state index in [2.05, 4.69) is 24.5 Å². The molecule has 1 heteroatoms. The first-order valence-corrected chi connectivity index (χ1v) is 6.12. The standard InChI is InChI=1S/C15H22O/c1-2-3-4-5-6-7-8-9-10-11-12-13-14-15-16/h2,5-6,15H,1,7-14H2/b6-5+. The molecule has 0 spiro atoms. The molecule has 0 saturated heterocycles. The molecule has 0 aliphatic rings. The predicted octanol–water partition coefficient (Wildman–Crippen LogP) is 4.05. The van der Waals surface area contributed by atoms with Crippen LogP contribution in [0, 0.1) is 11.8 Å². The van der Waals surface area contributed by atoms with Crippen molar-refractivity contribution >= 4 is 6.29 Å². The molecule has 88 valence electrons. The highest BCUT2D eigenvalue weighted by atomic mass is 16.1. The molecule has 0 aliphatic carbocycles. The molecule has 0 aromatic carbocycles. The van der Waals surface area contributed by atoms with Gasteiger partial charge in [0.25, 0.3) is 0 Å². The second-order valence-electron chi connectivity index (χ2n) is 3.76. The van der Waals surface area contributed by atoms with E-state index in [1.165, 1.54) is 32.1 Å². The van der Waals surface area contributed by atoms with Crippen molar-refractivity contribution in [3.63, 3.8) is 0 Å². The van der Waals surface area contributed by atoms with Gasteiger partial charge in [0.15, 0.2) is 0 Å². The van der Waals surface area contributed by atoms with Crippen LogP contribution in [0.3, 0.4) is 0 Å². The Morgan fingerprint density at radius 3 is 2.12 bits per heavy atom. The van der Waals surface area contributed by atoms with Gasteiger partial charge in [0.1, 0.15) is 6.29 Å². The maximum atomic E-state index is 10.1. The lowest BCUT2D eigenvalue weighted by atomic mass is 10.1. The highest BCUT2D eigenvalue weighted by Gasteiger charge is 1.89. The van der Waals surface area contributed by atoms with Gasteiger partial charge in [-0.15, -0.1) is 0 Å². The van der Waals surface area contributed by atoms with Gasteiger partial charge in [0.05, 0.1) is 0 Å². The molecule has 0 fully saturated rings. The quantitative estimate of drug-likeness (QED) is 0.324. The average molecular weight is 218 g/mol. The zero-order chi connectivity index (χ0) is 11.9. The number of hydrogen-bond donors (Lipinski definition) is 0. The fraction of sp³-hybridized carbons (Fsp3) is 0.533. The highest BCUT2D eigenvalue weighted by Crippen LogP contribution is 2.08. The lowest BCUT2D eigenvalue weighted by Gasteiger charge is -1.98. The van der Waals surface area contributed by atoms with Gasteiger partial charge in [-0.3, -0.25) is 0 Å². The van der Waals surface area contributed by atoms with Crippen LogP contribution in [-0.4, -0.2) is 6.29 Å². The second-order valence-corrected chi connectivity index (χ2v) is 3.76. The van der Waals surface area contributed by atoms with Crippen molar-refractivity contribution in [3.8, 4) is 11.8 Å². The highest BCUT2D eigenvalue weighted by molar-refractivity contribution is 5.48. The van der Waals surface area contributed by atoms with E-state index in [0.29, 0.717) is 0 Å². The number of hydrogen-bond acceptors (Lipinski definition) is 1. The lowest BCUT2D eigenvalue weighted by Crippen LogP contribution is -1.80. The van der Waals surface area contributed by atoms with Crippen molar-refractivity contribution in [2.75, 3.05) is 0 Å². The zero-order valence-corrected chi connectivity index (χ0v) is 10.1. The number of allylic oxidation sites excluding steroid dienone is 3. The Balaban J connectivity index is 3.12. The van der Waals surface area contributed by atoms with Crippen LogP contribution in [-0.2, 0) is 4.79 Å². The van der Waals surface area contributed by atoms with Gasteiger partial charge in [-0.2, -0.15) is 0 Å². The summed E-state index contributed by atoms with van der Waals surface area (Å²) in [6.45, 7) is 3.52. The summed E-state index contributed by atoms with van der Waals surface area (Å²) in [6.07, 6.45) is 15.8. The van der Waals surface area contributed by atoms with Crippen molar-refractivity contribution in [2.24, 2.45) is 0 Å². The number of carbonyl (C=O) groups is 1.